The van der Waals surface area contributed by atoms with Gasteiger partial charge in [-0.1, -0.05) is 19.9 Å². The van der Waals surface area contributed by atoms with Crippen molar-refractivity contribution in [2.75, 3.05) is 5.32 Å². The number of oxazole rings is 1. The average Bonchev–Trinajstić information content (AvgIpc) is 3.02. The topological polar surface area (TPSA) is 79.7 Å². The highest BCUT2D eigenvalue weighted by molar-refractivity contribution is 5.76. The fourth-order valence-corrected chi connectivity index (χ4v) is 2.13. The maximum absolute atomic E-state index is 9.05. The van der Waals surface area contributed by atoms with Crippen LogP contribution in [0, 0.1) is 11.3 Å². The van der Waals surface area contributed by atoms with Gasteiger partial charge in [0.05, 0.1) is 6.20 Å². The molecule has 1 N–H and O–H groups in total. The molecule has 0 aliphatic rings. The Kier molecular flexibility index (Phi) is 3.10. The number of hydrogen-bond donors (Lipinski definition) is 1. The third-order valence-electron chi connectivity index (χ3n) is 3.36. The summed E-state index contributed by atoms with van der Waals surface area (Å²) in [7, 11) is 1.75. The number of anilines is 2. The molecule has 3 rings (SSSR count). The van der Waals surface area contributed by atoms with Crippen LogP contribution in [0.5, 0.6) is 0 Å². The molecule has 1 aromatic carbocycles. The summed E-state index contributed by atoms with van der Waals surface area (Å²) in [5.74, 6) is 0.998. The molecule has 0 aliphatic carbocycles. The van der Waals surface area contributed by atoms with Crippen LogP contribution >= 0.6 is 0 Å². The van der Waals surface area contributed by atoms with Crippen LogP contribution in [0.1, 0.15) is 30.9 Å². The van der Waals surface area contributed by atoms with E-state index >= 15 is 0 Å². The molecule has 0 saturated carbocycles. The molecule has 21 heavy (non-hydrogen) atoms. The molecule has 3 aromatic rings. The number of rotatable bonds is 3. The number of benzene rings is 1. The molecule has 0 saturated heterocycles. The van der Waals surface area contributed by atoms with E-state index in [1.54, 1.807) is 11.7 Å². The molecule has 0 amide bonds. The van der Waals surface area contributed by atoms with Gasteiger partial charge in [-0.2, -0.15) is 15.3 Å². The van der Waals surface area contributed by atoms with Gasteiger partial charge in [-0.3, -0.25) is 10.00 Å². The lowest BCUT2D eigenvalue weighted by atomic mass is 10.0. The molecule has 0 unspecified atom stereocenters. The third-order valence-corrected chi connectivity index (χ3v) is 3.36. The lowest BCUT2D eigenvalue weighted by molar-refractivity contribution is 0.619. The van der Waals surface area contributed by atoms with E-state index in [0.29, 0.717) is 28.9 Å². The molecule has 2 heterocycles. The largest absolute Gasteiger partial charge is 0.423 e. The van der Waals surface area contributed by atoms with Crippen LogP contribution in [0.2, 0.25) is 0 Å². The molecule has 6 nitrogen and oxygen atoms in total. The Morgan fingerprint density at radius 2 is 2.19 bits per heavy atom. The molecular weight excluding hydrogens is 266 g/mol. The van der Waals surface area contributed by atoms with Crippen molar-refractivity contribution in [2.45, 2.75) is 19.8 Å². The number of fused-ring (bicyclic) bond motifs is 1. The van der Waals surface area contributed by atoms with Crippen molar-refractivity contribution in [3.63, 3.8) is 0 Å². The van der Waals surface area contributed by atoms with Gasteiger partial charge in [0.1, 0.15) is 23.0 Å². The summed E-state index contributed by atoms with van der Waals surface area (Å²) >= 11 is 0. The number of nitrogens with zero attached hydrogens (tertiary/aromatic N) is 4. The fourth-order valence-electron chi connectivity index (χ4n) is 2.13. The highest BCUT2D eigenvalue weighted by Gasteiger charge is 2.13. The standard InChI is InChI=1S/C15H15N5O/c1-9(2)10-4-5-13-12(6-10)18-15(21-13)19-14-11(7-16)8-17-20(14)3/h4-6,8-9H,1-3H3,(H,18,19). The molecule has 0 aliphatic heterocycles. The van der Waals surface area contributed by atoms with E-state index < -0.39 is 0 Å². The lowest BCUT2D eigenvalue weighted by Crippen LogP contribution is -2.00. The number of aryl methyl sites for hydroxylation is 1. The van der Waals surface area contributed by atoms with Gasteiger partial charge in [-0.05, 0) is 23.6 Å². The van der Waals surface area contributed by atoms with Crippen molar-refractivity contribution in [3.05, 3.63) is 35.5 Å². The van der Waals surface area contributed by atoms with E-state index in [1.165, 1.54) is 11.8 Å². The van der Waals surface area contributed by atoms with E-state index in [4.69, 9.17) is 9.68 Å². The molecule has 106 valence electrons. The highest BCUT2D eigenvalue weighted by Crippen LogP contribution is 2.26. The molecular formula is C15H15N5O. The van der Waals surface area contributed by atoms with Crippen LogP contribution in [0.4, 0.5) is 11.8 Å². The number of hydrogen-bond acceptors (Lipinski definition) is 5. The molecule has 0 spiro atoms. The molecule has 0 radical (unpaired) electrons. The Labute approximate surface area is 122 Å². The number of nitriles is 1. The van der Waals surface area contributed by atoms with Crippen LogP contribution in [-0.2, 0) is 7.05 Å². The second-order valence-electron chi connectivity index (χ2n) is 5.17. The SMILES string of the molecule is CC(C)c1ccc2oc(Nc3c(C#N)cnn3C)nc2c1. The van der Waals surface area contributed by atoms with E-state index in [0.717, 1.165) is 5.52 Å². The Balaban J connectivity index is 1.98. The Morgan fingerprint density at radius 3 is 2.90 bits per heavy atom. The second kappa shape index (κ2) is 4.94. The van der Waals surface area contributed by atoms with Crippen LogP contribution in [-0.4, -0.2) is 14.8 Å². The van der Waals surface area contributed by atoms with Gasteiger partial charge in [0.2, 0.25) is 0 Å². The zero-order chi connectivity index (χ0) is 15.0. The summed E-state index contributed by atoms with van der Waals surface area (Å²) in [4.78, 5) is 4.42. The zero-order valence-electron chi connectivity index (χ0n) is 12.1. The maximum Gasteiger partial charge on any atom is 0.301 e. The zero-order valence-corrected chi connectivity index (χ0v) is 12.1. The van der Waals surface area contributed by atoms with Crippen molar-refractivity contribution in [3.8, 4) is 6.07 Å². The normalized spacial score (nSPS) is 11.0. The van der Waals surface area contributed by atoms with Gasteiger partial charge in [-0.15, -0.1) is 0 Å². The summed E-state index contributed by atoms with van der Waals surface area (Å²) in [6, 6.07) is 8.40. The minimum absolute atomic E-state index is 0.353. The summed E-state index contributed by atoms with van der Waals surface area (Å²) < 4.78 is 7.23. The molecule has 0 bridgehead atoms. The second-order valence-corrected chi connectivity index (χ2v) is 5.17. The van der Waals surface area contributed by atoms with Crippen molar-refractivity contribution >= 4 is 22.9 Å². The Bertz CT molecular complexity index is 837. The first-order chi connectivity index (χ1) is 10.1. The monoisotopic (exact) mass is 281 g/mol. The van der Waals surface area contributed by atoms with Gasteiger partial charge in [0.25, 0.3) is 0 Å². The summed E-state index contributed by atoms with van der Waals surface area (Å²) in [5, 5.41) is 16.1. The molecule has 6 heteroatoms. The smallest absolute Gasteiger partial charge is 0.301 e. The average molecular weight is 281 g/mol. The number of aromatic nitrogens is 3. The van der Waals surface area contributed by atoms with Gasteiger partial charge in [0, 0.05) is 7.05 Å². The Hall–Kier alpha value is -2.81. The molecule has 0 fully saturated rings. The minimum atomic E-state index is 0.353. The van der Waals surface area contributed by atoms with Crippen molar-refractivity contribution in [2.24, 2.45) is 7.05 Å². The quantitative estimate of drug-likeness (QED) is 0.796. The van der Waals surface area contributed by atoms with E-state index in [-0.39, 0.29) is 0 Å². The number of nitrogens with one attached hydrogen (secondary N) is 1. The highest BCUT2D eigenvalue weighted by atomic mass is 16.4. The minimum Gasteiger partial charge on any atom is -0.423 e. The third kappa shape index (κ3) is 2.34. The maximum atomic E-state index is 9.05. The Morgan fingerprint density at radius 1 is 1.38 bits per heavy atom. The predicted molar refractivity (Wildman–Crippen MR) is 79.3 cm³/mol. The first kappa shape index (κ1) is 13.2. The van der Waals surface area contributed by atoms with E-state index in [9.17, 15) is 0 Å². The van der Waals surface area contributed by atoms with Gasteiger partial charge >= 0.3 is 6.01 Å². The molecule has 2 aromatic heterocycles. The fraction of sp³-hybridized carbons (Fsp3) is 0.267. The van der Waals surface area contributed by atoms with Gasteiger partial charge in [0.15, 0.2) is 5.58 Å². The summed E-state index contributed by atoms with van der Waals surface area (Å²) in [5.41, 5.74) is 3.16. The van der Waals surface area contributed by atoms with Crippen LogP contribution in [0.25, 0.3) is 11.1 Å². The van der Waals surface area contributed by atoms with Crippen LogP contribution in [0.15, 0.2) is 28.8 Å². The van der Waals surface area contributed by atoms with Crippen LogP contribution in [0.3, 0.4) is 0 Å². The predicted octanol–water partition coefficient (Wildman–Crippen LogP) is 3.30. The first-order valence-electron chi connectivity index (χ1n) is 6.68. The van der Waals surface area contributed by atoms with Gasteiger partial charge in [-0.25, -0.2) is 0 Å². The van der Waals surface area contributed by atoms with E-state index in [2.05, 4.69) is 35.3 Å². The summed E-state index contributed by atoms with van der Waals surface area (Å²) in [6.45, 7) is 4.27. The van der Waals surface area contributed by atoms with Gasteiger partial charge < -0.3 is 4.42 Å². The van der Waals surface area contributed by atoms with Crippen molar-refractivity contribution in [1.29, 1.82) is 5.26 Å². The molecule has 0 atom stereocenters. The van der Waals surface area contributed by atoms with E-state index in [1.807, 2.05) is 18.2 Å². The van der Waals surface area contributed by atoms with Crippen molar-refractivity contribution < 1.29 is 4.42 Å². The first-order valence-corrected chi connectivity index (χ1v) is 6.68. The lowest BCUT2D eigenvalue weighted by Gasteiger charge is -2.02. The summed E-state index contributed by atoms with van der Waals surface area (Å²) in [6.07, 6.45) is 1.50. The van der Waals surface area contributed by atoms with Crippen LogP contribution < -0.4 is 5.32 Å². The van der Waals surface area contributed by atoms with Crippen molar-refractivity contribution in [1.82, 2.24) is 14.8 Å².